The number of ether oxygens (including phenoxy) is 2. The number of hydrogen-bond acceptors (Lipinski definition) is 3. The Balaban J connectivity index is 1.46. The standard InChI is InChI=1S/C25H26N2O2/c1-19-10-3-7-14-23(19)28-17-9-16-27-22-13-6-5-12-21(22)26-25(27)18-29-24-15-8-4-11-20(24)2/h3-8,10-15H,9,16-18H2,1-2H3. The average Bonchev–Trinajstić information content (AvgIpc) is 3.09. The van der Waals surface area contributed by atoms with Gasteiger partial charge in [-0.3, -0.25) is 0 Å². The first-order valence-corrected chi connectivity index (χ1v) is 10.0. The Morgan fingerprint density at radius 3 is 2.10 bits per heavy atom. The van der Waals surface area contributed by atoms with E-state index in [0.29, 0.717) is 13.2 Å². The summed E-state index contributed by atoms with van der Waals surface area (Å²) in [5.74, 6) is 2.78. The molecule has 0 unspecified atom stereocenters. The molecular weight excluding hydrogens is 360 g/mol. The van der Waals surface area contributed by atoms with Gasteiger partial charge in [0.15, 0.2) is 0 Å². The number of aryl methyl sites for hydroxylation is 3. The van der Waals surface area contributed by atoms with Gasteiger partial charge in [-0.2, -0.15) is 0 Å². The lowest BCUT2D eigenvalue weighted by Crippen LogP contribution is -2.10. The fourth-order valence-corrected chi connectivity index (χ4v) is 3.47. The number of fused-ring (bicyclic) bond motifs is 1. The number of para-hydroxylation sites is 4. The first kappa shape index (κ1) is 19.1. The molecule has 29 heavy (non-hydrogen) atoms. The number of nitrogens with zero attached hydrogens (tertiary/aromatic N) is 2. The van der Waals surface area contributed by atoms with E-state index in [1.165, 1.54) is 0 Å². The van der Waals surface area contributed by atoms with Crippen LogP contribution in [0.2, 0.25) is 0 Å². The maximum Gasteiger partial charge on any atom is 0.148 e. The van der Waals surface area contributed by atoms with Crippen molar-refractivity contribution < 1.29 is 9.47 Å². The maximum atomic E-state index is 6.07. The highest BCUT2D eigenvalue weighted by atomic mass is 16.5. The molecule has 0 N–H and O–H groups in total. The van der Waals surface area contributed by atoms with Gasteiger partial charge in [-0.15, -0.1) is 0 Å². The molecule has 0 saturated carbocycles. The monoisotopic (exact) mass is 386 g/mol. The minimum absolute atomic E-state index is 0.443. The van der Waals surface area contributed by atoms with Crippen molar-refractivity contribution in [3.8, 4) is 11.5 Å². The Morgan fingerprint density at radius 1 is 0.759 bits per heavy atom. The molecule has 0 aliphatic carbocycles. The van der Waals surface area contributed by atoms with Crippen molar-refractivity contribution in [1.82, 2.24) is 9.55 Å². The molecule has 4 rings (SSSR count). The van der Waals surface area contributed by atoms with Crippen LogP contribution in [0, 0.1) is 13.8 Å². The van der Waals surface area contributed by atoms with Crippen LogP contribution in [0.25, 0.3) is 11.0 Å². The van der Waals surface area contributed by atoms with Crippen LogP contribution < -0.4 is 9.47 Å². The van der Waals surface area contributed by atoms with Gasteiger partial charge >= 0.3 is 0 Å². The Hall–Kier alpha value is -3.27. The van der Waals surface area contributed by atoms with Gasteiger partial charge in [-0.25, -0.2) is 4.98 Å². The molecular formula is C25H26N2O2. The third-order valence-electron chi connectivity index (χ3n) is 5.06. The van der Waals surface area contributed by atoms with Crippen molar-refractivity contribution in [3.05, 3.63) is 89.7 Å². The number of imidazole rings is 1. The fraction of sp³-hybridized carbons (Fsp3) is 0.240. The molecule has 4 heteroatoms. The van der Waals surface area contributed by atoms with Crippen LogP contribution >= 0.6 is 0 Å². The molecule has 0 radical (unpaired) electrons. The van der Waals surface area contributed by atoms with E-state index in [9.17, 15) is 0 Å². The van der Waals surface area contributed by atoms with Crippen molar-refractivity contribution in [2.75, 3.05) is 6.61 Å². The molecule has 0 saturated heterocycles. The fourth-order valence-electron chi connectivity index (χ4n) is 3.47. The lowest BCUT2D eigenvalue weighted by atomic mass is 10.2. The second-order valence-corrected chi connectivity index (χ2v) is 7.19. The number of aromatic nitrogens is 2. The highest BCUT2D eigenvalue weighted by Crippen LogP contribution is 2.21. The van der Waals surface area contributed by atoms with Gasteiger partial charge in [0.25, 0.3) is 0 Å². The maximum absolute atomic E-state index is 6.07. The van der Waals surface area contributed by atoms with Crippen LogP contribution in [0.3, 0.4) is 0 Å². The Bertz CT molecular complexity index is 1100. The van der Waals surface area contributed by atoms with Crippen molar-refractivity contribution in [1.29, 1.82) is 0 Å². The van der Waals surface area contributed by atoms with Crippen LogP contribution in [0.1, 0.15) is 23.4 Å². The smallest absolute Gasteiger partial charge is 0.148 e. The van der Waals surface area contributed by atoms with E-state index in [-0.39, 0.29) is 0 Å². The third-order valence-corrected chi connectivity index (χ3v) is 5.06. The van der Waals surface area contributed by atoms with E-state index >= 15 is 0 Å². The summed E-state index contributed by atoms with van der Waals surface area (Å²) in [6.45, 7) is 6.06. The molecule has 0 bridgehead atoms. The van der Waals surface area contributed by atoms with Gasteiger partial charge in [0.1, 0.15) is 23.9 Å². The van der Waals surface area contributed by atoms with Crippen molar-refractivity contribution in [3.63, 3.8) is 0 Å². The van der Waals surface area contributed by atoms with Gasteiger partial charge < -0.3 is 14.0 Å². The number of hydrogen-bond donors (Lipinski definition) is 0. The predicted octanol–water partition coefficient (Wildman–Crippen LogP) is 5.70. The Morgan fingerprint density at radius 2 is 1.38 bits per heavy atom. The summed E-state index contributed by atoms with van der Waals surface area (Å²) in [7, 11) is 0. The van der Waals surface area contributed by atoms with E-state index in [4.69, 9.17) is 14.5 Å². The summed E-state index contributed by atoms with van der Waals surface area (Å²) in [6.07, 6.45) is 0.895. The lowest BCUT2D eigenvalue weighted by Gasteiger charge is -2.13. The molecule has 0 aliphatic rings. The molecule has 0 atom stereocenters. The SMILES string of the molecule is Cc1ccccc1OCCCn1c(COc2ccccc2C)nc2ccccc21. The van der Waals surface area contributed by atoms with E-state index in [1.54, 1.807) is 0 Å². The van der Waals surface area contributed by atoms with Crippen LogP contribution in [-0.4, -0.2) is 16.2 Å². The molecule has 1 aromatic heterocycles. The van der Waals surface area contributed by atoms with Gasteiger partial charge in [0.05, 0.1) is 17.6 Å². The molecule has 0 fully saturated rings. The van der Waals surface area contributed by atoms with Crippen molar-refractivity contribution in [2.45, 2.75) is 33.4 Å². The minimum atomic E-state index is 0.443. The van der Waals surface area contributed by atoms with Crippen LogP contribution in [0.5, 0.6) is 11.5 Å². The highest BCUT2D eigenvalue weighted by molar-refractivity contribution is 5.75. The van der Waals surface area contributed by atoms with Crippen LogP contribution in [-0.2, 0) is 13.2 Å². The van der Waals surface area contributed by atoms with Gasteiger partial charge in [0.2, 0.25) is 0 Å². The molecule has 0 amide bonds. The summed E-state index contributed by atoms with van der Waals surface area (Å²) in [5, 5.41) is 0. The zero-order chi connectivity index (χ0) is 20.1. The molecule has 0 aliphatic heterocycles. The van der Waals surface area contributed by atoms with Crippen molar-refractivity contribution >= 4 is 11.0 Å². The molecule has 3 aromatic carbocycles. The third kappa shape index (κ3) is 4.43. The number of benzene rings is 3. The van der Waals surface area contributed by atoms with E-state index in [1.807, 2.05) is 48.5 Å². The predicted molar refractivity (Wildman–Crippen MR) is 117 cm³/mol. The second kappa shape index (κ2) is 8.82. The normalized spacial score (nSPS) is 11.0. The van der Waals surface area contributed by atoms with Gasteiger partial charge in [-0.1, -0.05) is 48.5 Å². The van der Waals surface area contributed by atoms with E-state index in [2.05, 4.69) is 42.7 Å². The summed E-state index contributed by atoms with van der Waals surface area (Å²) >= 11 is 0. The zero-order valence-electron chi connectivity index (χ0n) is 17.0. The summed E-state index contributed by atoms with van der Waals surface area (Å²) < 4.78 is 14.3. The summed E-state index contributed by atoms with van der Waals surface area (Å²) in [5.41, 5.74) is 4.41. The quantitative estimate of drug-likeness (QED) is 0.364. The first-order chi connectivity index (χ1) is 14.2. The summed E-state index contributed by atoms with van der Waals surface area (Å²) in [4.78, 5) is 4.81. The minimum Gasteiger partial charge on any atom is -0.493 e. The average molecular weight is 386 g/mol. The zero-order valence-corrected chi connectivity index (χ0v) is 17.0. The lowest BCUT2D eigenvalue weighted by molar-refractivity contribution is 0.278. The van der Waals surface area contributed by atoms with E-state index in [0.717, 1.165) is 52.4 Å². The molecule has 148 valence electrons. The van der Waals surface area contributed by atoms with Gasteiger partial charge in [0, 0.05) is 6.54 Å². The molecule has 4 aromatic rings. The van der Waals surface area contributed by atoms with Gasteiger partial charge in [-0.05, 0) is 55.7 Å². The number of rotatable bonds is 8. The Labute approximate surface area is 171 Å². The largest absolute Gasteiger partial charge is 0.493 e. The highest BCUT2D eigenvalue weighted by Gasteiger charge is 2.11. The molecule has 1 heterocycles. The van der Waals surface area contributed by atoms with Crippen LogP contribution in [0.15, 0.2) is 72.8 Å². The topological polar surface area (TPSA) is 36.3 Å². The first-order valence-electron chi connectivity index (χ1n) is 10.0. The van der Waals surface area contributed by atoms with Crippen LogP contribution in [0.4, 0.5) is 0 Å². The van der Waals surface area contributed by atoms with Crippen molar-refractivity contribution in [2.24, 2.45) is 0 Å². The summed E-state index contributed by atoms with van der Waals surface area (Å²) in [6, 6.07) is 24.4. The molecule has 0 spiro atoms. The second-order valence-electron chi connectivity index (χ2n) is 7.19. The molecule has 4 nitrogen and oxygen atoms in total. The Kier molecular flexibility index (Phi) is 5.80. The van der Waals surface area contributed by atoms with E-state index < -0.39 is 0 Å².